The predicted molar refractivity (Wildman–Crippen MR) is 353 cm³/mol. The molecular formula is C69H124O16P2. The monoisotopic (exact) mass is 1270 g/mol. The van der Waals surface area contributed by atoms with Gasteiger partial charge in [0.25, 0.3) is 0 Å². The maximum atomic E-state index is 12.9. The topological polar surface area (TPSA) is 231 Å². The van der Waals surface area contributed by atoms with E-state index in [1.807, 2.05) is 0 Å². The molecule has 0 rings (SSSR count). The van der Waals surface area contributed by atoms with Crippen LogP contribution in [0.15, 0.2) is 72.9 Å². The van der Waals surface area contributed by atoms with Gasteiger partial charge in [-0.1, -0.05) is 254 Å². The van der Waals surface area contributed by atoms with E-state index in [1.54, 1.807) is 0 Å². The second-order valence-corrected chi connectivity index (χ2v) is 25.9. The van der Waals surface area contributed by atoms with E-state index in [4.69, 9.17) is 32.3 Å². The molecule has 0 fully saturated rings. The van der Waals surface area contributed by atoms with Crippen LogP contribution in [0.4, 0.5) is 0 Å². The SMILES string of the molecule is CCC/C=C\C/C=C\CCCCCCCC(=O)OCC(COP(=O)(O)OCC(O)COP(=O)(O)OCC(O)COC(=O)CCCCCCCCCCC/C=C\C/C=C\C/C=C\C/C=C\CCCCC)OC(=O)CCCCCCCCCCCCCCC. The molecule has 0 aromatic rings. The van der Waals surface area contributed by atoms with Gasteiger partial charge >= 0.3 is 33.6 Å². The summed E-state index contributed by atoms with van der Waals surface area (Å²) in [6.45, 7) is 2.57. The molecule has 4 N–H and O–H groups in total. The molecule has 0 amide bonds. The summed E-state index contributed by atoms with van der Waals surface area (Å²) < 4.78 is 60.8. The van der Waals surface area contributed by atoms with Crippen LogP contribution in [-0.2, 0) is 55.8 Å². The lowest BCUT2D eigenvalue weighted by Crippen LogP contribution is -2.30. The van der Waals surface area contributed by atoms with Crippen LogP contribution < -0.4 is 0 Å². The van der Waals surface area contributed by atoms with Crippen LogP contribution in [0.1, 0.15) is 290 Å². The van der Waals surface area contributed by atoms with E-state index in [0.29, 0.717) is 19.3 Å². The maximum absolute atomic E-state index is 12.9. The Hall–Kier alpha value is -3.01. The molecule has 0 aliphatic carbocycles. The van der Waals surface area contributed by atoms with E-state index < -0.39 is 91.5 Å². The summed E-state index contributed by atoms with van der Waals surface area (Å²) in [7, 11) is -9.76. The third kappa shape index (κ3) is 64.3. The van der Waals surface area contributed by atoms with E-state index in [0.717, 1.165) is 128 Å². The Morgan fingerprint density at radius 2 is 0.598 bits per heavy atom. The lowest BCUT2D eigenvalue weighted by Gasteiger charge is -2.21. The molecule has 0 saturated carbocycles. The molecule has 0 aliphatic rings. The van der Waals surface area contributed by atoms with Gasteiger partial charge in [-0.25, -0.2) is 9.13 Å². The highest BCUT2D eigenvalue weighted by atomic mass is 31.2. The summed E-state index contributed by atoms with van der Waals surface area (Å²) in [5, 5.41) is 20.5. The number of carbonyl (C=O) groups is 3. The van der Waals surface area contributed by atoms with Crippen molar-refractivity contribution in [2.45, 2.75) is 309 Å². The van der Waals surface area contributed by atoms with Crippen LogP contribution in [0.3, 0.4) is 0 Å². The Morgan fingerprint density at radius 1 is 0.322 bits per heavy atom. The molecule has 506 valence electrons. The molecule has 5 atom stereocenters. The highest BCUT2D eigenvalue weighted by molar-refractivity contribution is 7.47. The van der Waals surface area contributed by atoms with E-state index in [1.165, 1.54) is 103 Å². The summed E-state index contributed by atoms with van der Waals surface area (Å²) in [6.07, 6.45) is 65.3. The number of allylic oxidation sites excluding steroid dienone is 12. The minimum absolute atomic E-state index is 0.106. The molecule has 0 aromatic carbocycles. The number of aliphatic hydroxyl groups excluding tert-OH is 2. The van der Waals surface area contributed by atoms with Crippen molar-refractivity contribution in [2.75, 3.05) is 39.6 Å². The molecule has 16 nitrogen and oxygen atoms in total. The number of hydrogen-bond donors (Lipinski definition) is 4. The first-order valence-corrected chi connectivity index (χ1v) is 37.2. The Labute approximate surface area is 528 Å². The van der Waals surface area contributed by atoms with Crippen molar-refractivity contribution in [3.8, 4) is 0 Å². The summed E-state index contributed by atoms with van der Waals surface area (Å²) >= 11 is 0. The fourth-order valence-corrected chi connectivity index (χ4v) is 10.7. The van der Waals surface area contributed by atoms with Gasteiger partial charge in [-0.15, -0.1) is 0 Å². The van der Waals surface area contributed by atoms with Gasteiger partial charge in [-0.3, -0.25) is 32.5 Å². The predicted octanol–water partition coefficient (Wildman–Crippen LogP) is 18.8. The Morgan fingerprint density at radius 3 is 0.977 bits per heavy atom. The van der Waals surface area contributed by atoms with Gasteiger partial charge in [0.2, 0.25) is 0 Å². The third-order valence-electron chi connectivity index (χ3n) is 14.4. The Kier molecular flexibility index (Phi) is 61.0. The quantitative estimate of drug-likeness (QED) is 0.0146. The Bertz CT molecular complexity index is 1880. The number of esters is 3. The van der Waals surface area contributed by atoms with Crippen molar-refractivity contribution in [3.63, 3.8) is 0 Å². The number of ether oxygens (including phenoxy) is 3. The van der Waals surface area contributed by atoms with Crippen molar-refractivity contribution in [1.82, 2.24) is 0 Å². The van der Waals surface area contributed by atoms with E-state index >= 15 is 0 Å². The lowest BCUT2D eigenvalue weighted by atomic mass is 10.0. The number of rotatable bonds is 65. The lowest BCUT2D eigenvalue weighted by molar-refractivity contribution is -0.161. The highest BCUT2D eigenvalue weighted by Gasteiger charge is 2.29. The standard InChI is InChI=1S/C69H124O16P2/c1-4-7-10-13-16-19-22-25-26-27-28-29-30-31-32-33-34-35-36-39-41-43-46-49-52-55-67(72)79-58-64(70)59-81-86(75,76)82-60-65(71)61-83-87(77,78)84-63-66(85-69(74)57-54-51-48-45-42-38-24-21-18-15-12-9-6-3)62-80-68(73)56-53-50-47-44-40-37-23-20-17-14-11-8-5-2/h11,14,16,19-20,23,25-26,28-29,31-32,64-66,70-71H,4-10,12-13,15,17-18,21-22,24,27,30,33-63H2,1-3H3,(H,75,76)(H,77,78)/b14-11-,19-16-,23-20-,26-25-,29-28-,32-31-. The highest BCUT2D eigenvalue weighted by Crippen LogP contribution is 2.45. The van der Waals surface area contributed by atoms with Crippen molar-refractivity contribution in [1.29, 1.82) is 0 Å². The van der Waals surface area contributed by atoms with Gasteiger partial charge in [0.05, 0.1) is 26.4 Å². The number of unbranched alkanes of at least 4 members (excludes halogenated alkanes) is 30. The smallest absolute Gasteiger partial charge is 0.463 e. The summed E-state index contributed by atoms with van der Waals surface area (Å²) in [5.74, 6) is -1.59. The first-order chi connectivity index (χ1) is 42.2. The minimum atomic E-state index is -4.92. The number of hydrogen-bond acceptors (Lipinski definition) is 14. The largest absolute Gasteiger partial charge is 0.472 e. The second-order valence-electron chi connectivity index (χ2n) is 23.0. The van der Waals surface area contributed by atoms with Crippen molar-refractivity contribution in [3.05, 3.63) is 72.9 Å². The van der Waals surface area contributed by atoms with Gasteiger partial charge in [0, 0.05) is 19.3 Å². The molecule has 0 bridgehead atoms. The first-order valence-electron chi connectivity index (χ1n) is 34.2. The molecule has 0 radical (unpaired) electrons. The minimum Gasteiger partial charge on any atom is -0.463 e. The van der Waals surface area contributed by atoms with Crippen LogP contribution in [0.25, 0.3) is 0 Å². The summed E-state index contributed by atoms with van der Waals surface area (Å²) in [4.78, 5) is 58.2. The van der Waals surface area contributed by atoms with E-state index in [2.05, 4.69) is 93.7 Å². The molecular weight excluding hydrogens is 1150 g/mol. The molecule has 5 unspecified atom stereocenters. The molecule has 0 saturated heterocycles. The zero-order valence-corrected chi connectivity index (χ0v) is 56.5. The van der Waals surface area contributed by atoms with Crippen LogP contribution in [0, 0.1) is 0 Å². The van der Waals surface area contributed by atoms with Crippen LogP contribution in [0.5, 0.6) is 0 Å². The zero-order chi connectivity index (χ0) is 63.8. The number of phosphoric acid groups is 2. The number of phosphoric ester groups is 2. The molecule has 87 heavy (non-hydrogen) atoms. The molecule has 0 spiro atoms. The fraction of sp³-hybridized carbons (Fsp3) is 0.783. The molecule has 0 heterocycles. The average molecular weight is 1270 g/mol. The van der Waals surface area contributed by atoms with Crippen molar-refractivity contribution < 1.29 is 75.8 Å². The number of aliphatic hydroxyl groups is 2. The van der Waals surface area contributed by atoms with Gasteiger partial charge in [0.1, 0.15) is 25.4 Å². The van der Waals surface area contributed by atoms with Crippen LogP contribution >= 0.6 is 15.6 Å². The van der Waals surface area contributed by atoms with Gasteiger partial charge in [0.15, 0.2) is 6.10 Å². The summed E-state index contributed by atoms with van der Waals surface area (Å²) in [6, 6.07) is 0. The zero-order valence-electron chi connectivity index (χ0n) is 54.7. The second kappa shape index (κ2) is 63.2. The third-order valence-corrected chi connectivity index (χ3v) is 16.3. The normalized spacial score (nSPS) is 14.7. The Balaban J connectivity index is 4.50. The first kappa shape index (κ1) is 84.0. The van der Waals surface area contributed by atoms with Crippen LogP contribution in [0.2, 0.25) is 0 Å². The molecule has 0 aliphatic heterocycles. The van der Waals surface area contributed by atoms with Crippen LogP contribution in [-0.4, -0.2) is 95.9 Å². The molecule has 0 aromatic heterocycles. The van der Waals surface area contributed by atoms with E-state index in [9.17, 15) is 43.5 Å². The fourth-order valence-electron chi connectivity index (χ4n) is 9.12. The maximum Gasteiger partial charge on any atom is 0.472 e. The average Bonchev–Trinajstić information content (AvgIpc) is 3.69. The number of carbonyl (C=O) groups excluding carboxylic acids is 3. The van der Waals surface area contributed by atoms with E-state index in [-0.39, 0.29) is 19.3 Å². The van der Waals surface area contributed by atoms with Crippen molar-refractivity contribution in [2.24, 2.45) is 0 Å². The summed E-state index contributed by atoms with van der Waals surface area (Å²) in [5.41, 5.74) is 0. The van der Waals surface area contributed by atoms with Gasteiger partial charge in [-0.2, -0.15) is 0 Å². The van der Waals surface area contributed by atoms with Gasteiger partial charge in [-0.05, 0) is 89.9 Å². The molecule has 18 heteroatoms. The van der Waals surface area contributed by atoms with Gasteiger partial charge < -0.3 is 34.2 Å². The van der Waals surface area contributed by atoms with Crippen molar-refractivity contribution >= 4 is 33.6 Å².